The second-order valence-electron chi connectivity index (χ2n) is 7.71. The van der Waals surface area contributed by atoms with Crippen molar-refractivity contribution in [1.29, 1.82) is 0 Å². The Morgan fingerprint density at radius 2 is 1.71 bits per heavy atom. The molecule has 1 aromatic carbocycles. The highest BCUT2D eigenvalue weighted by molar-refractivity contribution is 5.48. The van der Waals surface area contributed by atoms with Crippen LogP contribution in [0.5, 0.6) is 0 Å². The number of hydrogen-bond donors (Lipinski definition) is 1. The summed E-state index contributed by atoms with van der Waals surface area (Å²) in [5.41, 5.74) is 2.50. The number of aliphatic hydroxyl groups excluding tert-OH is 1. The highest BCUT2D eigenvalue weighted by Gasteiger charge is 2.43. The van der Waals surface area contributed by atoms with E-state index in [1.54, 1.807) is 0 Å². The standard InChI is InChI=1S/C20H30N2O2/c23-19-4-3-15-24-20(19)9-13-21(14-10-20)16-17-5-7-18(8-6-17)22-11-1-2-12-22/h5-8,19,23H,1-4,9-16H2/t19-/m1/s1. The van der Waals surface area contributed by atoms with Gasteiger partial charge in [0.25, 0.3) is 0 Å². The van der Waals surface area contributed by atoms with E-state index in [9.17, 15) is 5.11 Å². The molecule has 3 saturated heterocycles. The Morgan fingerprint density at radius 1 is 1.00 bits per heavy atom. The Bertz CT molecular complexity index is 531. The van der Waals surface area contributed by atoms with Crippen molar-refractivity contribution in [2.75, 3.05) is 37.7 Å². The molecule has 4 heteroatoms. The molecule has 4 nitrogen and oxygen atoms in total. The first-order valence-corrected chi connectivity index (χ1v) is 9.63. The Labute approximate surface area is 145 Å². The summed E-state index contributed by atoms with van der Waals surface area (Å²) in [6.07, 6.45) is 6.19. The SMILES string of the molecule is O[C@@H]1CCCOC12CCN(Cc1ccc(N3CCCC3)cc1)CC2. The van der Waals surface area contributed by atoms with E-state index in [-0.39, 0.29) is 11.7 Å². The zero-order chi connectivity index (χ0) is 16.4. The molecular formula is C20H30N2O2. The quantitative estimate of drug-likeness (QED) is 0.924. The van der Waals surface area contributed by atoms with Gasteiger partial charge in [-0.15, -0.1) is 0 Å². The molecular weight excluding hydrogens is 300 g/mol. The second kappa shape index (κ2) is 7.03. The number of piperidine rings is 1. The Hall–Kier alpha value is -1.10. The minimum Gasteiger partial charge on any atom is -0.390 e. The molecule has 1 aromatic rings. The average Bonchev–Trinajstić information content (AvgIpc) is 3.15. The van der Waals surface area contributed by atoms with Crippen LogP contribution in [0.25, 0.3) is 0 Å². The number of rotatable bonds is 3. The third-order valence-corrected chi connectivity index (χ3v) is 6.13. The summed E-state index contributed by atoms with van der Waals surface area (Å²) in [5, 5.41) is 10.3. The molecule has 0 aromatic heterocycles. The van der Waals surface area contributed by atoms with Crippen LogP contribution in [0.1, 0.15) is 44.1 Å². The monoisotopic (exact) mass is 330 g/mol. The number of benzene rings is 1. The van der Waals surface area contributed by atoms with Gasteiger partial charge in [0.05, 0.1) is 11.7 Å². The maximum Gasteiger partial charge on any atom is 0.0964 e. The van der Waals surface area contributed by atoms with E-state index in [2.05, 4.69) is 34.1 Å². The number of ether oxygens (including phenoxy) is 1. The van der Waals surface area contributed by atoms with Gasteiger partial charge in [-0.2, -0.15) is 0 Å². The van der Waals surface area contributed by atoms with Gasteiger partial charge >= 0.3 is 0 Å². The molecule has 0 unspecified atom stereocenters. The maximum absolute atomic E-state index is 10.3. The lowest BCUT2D eigenvalue weighted by Crippen LogP contribution is -2.55. The summed E-state index contributed by atoms with van der Waals surface area (Å²) in [5.74, 6) is 0. The van der Waals surface area contributed by atoms with E-state index < -0.39 is 0 Å². The van der Waals surface area contributed by atoms with Crippen molar-refractivity contribution in [3.8, 4) is 0 Å². The van der Waals surface area contributed by atoms with Gasteiger partial charge in [-0.3, -0.25) is 4.90 Å². The summed E-state index contributed by atoms with van der Waals surface area (Å²) in [6, 6.07) is 9.12. The van der Waals surface area contributed by atoms with E-state index in [1.165, 1.54) is 37.2 Å². The van der Waals surface area contributed by atoms with Crippen LogP contribution in [0.4, 0.5) is 5.69 Å². The van der Waals surface area contributed by atoms with E-state index in [1.807, 2.05) is 0 Å². The molecule has 24 heavy (non-hydrogen) atoms. The van der Waals surface area contributed by atoms with Crippen molar-refractivity contribution in [2.24, 2.45) is 0 Å². The molecule has 3 fully saturated rings. The fourth-order valence-corrected chi connectivity index (χ4v) is 4.52. The highest BCUT2D eigenvalue weighted by atomic mass is 16.5. The van der Waals surface area contributed by atoms with Crippen molar-refractivity contribution >= 4 is 5.69 Å². The lowest BCUT2D eigenvalue weighted by atomic mass is 9.82. The molecule has 132 valence electrons. The topological polar surface area (TPSA) is 35.9 Å². The zero-order valence-corrected chi connectivity index (χ0v) is 14.6. The predicted molar refractivity (Wildman–Crippen MR) is 96.3 cm³/mol. The van der Waals surface area contributed by atoms with Gasteiger partial charge in [0, 0.05) is 45.0 Å². The fourth-order valence-electron chi connectivity index (χ4n) is 4.52. The molecule has 1 spiro atoms. The van der Waals surface area contributed by atoms with Crippen LogP contribution in [0.3, 0.4) is 0 Å². The van der Waals surface area contributed by atoms with Crippen molar-refractivity contribution in [1.82, 2.24) is 4.90 Å². The van der Waals surface area contributed by atoms with Gasteiger partial charge in [0.15, 0.2) is 0 Å². The molecule has 0 saturated carbocycles. The van der Waals surface area contributed by atoms with Crippen LogP contribution in [0.2, 0.25) is 0 Å². The third kappa shape index (κ3) is 3.32. The summed E-state index contributed by atoms with van der Waals surface area (Å²) in [6.45, 7) is 6.27. The number of anilines is 1. The summed E-state index contributed by atoms with van der Waals surface area (Å²) in [7, 11) is 0. The number of aliphatic hydroxyl groups is 1. The van der Waals surface area contributed by atoms with Gasteiger partial charge in [-0.1, -0.05) is 12.1 Å². The fraction of sp³-hybridized carbons (Fsp3) is 0.700. The first kappa shape index (κ1) is 16.4. The molecule has 3 aliphatic rings. The summed E-state index contributed by atoms with van der Waals surface area (Å²) < 4.78 is 6.01. The normalized spacial score (nSPS) is 27.7. The lowest BCUT2D eigenvalue weighted by Gasteiger charge is -2.46. The summed E-state index contributed by atoms with van der Waals surface area (Å²) >= 11 is 0. The Balaban J connectivity index is 1.32. The van der Waals surface area contributed by atoms with Gasteiger partial charge in [0.2, 0.25) is 0 Å². The molecule has 1 N–H and O–H groups in total. The van der Waals surface area contributed by atoms with Gasteiger partial charge in [-0.25, -0.2) is 0 Å². The number of likely N-dealkylation sites (tertiary alicyclic amines) is 1. The third-order valence-electron chi connectivity index (χ3n) is 6.13. The molecule has 0 radical (unpaired) electrons. The zero-order valence-electron chi connectivity index (χ0n) is 14.6. The molecule has 0 aliphatic carbocycles. The lowest BCUT2D eigenvalue weighted by molar-refractivity contribution is -0.177. The van der Waals surface area contributed by atoms with Gasteiger partial charge in [-0.05, 0) is 56.2 Å². The van der Waals surface area contributed by atoms with E-state index in [4.69, 9.17) is 4.74 Å². The van der Waals surface area contributed by atoms with Crippen LogP contribution in [-0.2, 0) is 11.3 Å². The smallest absolute Gasteiger partial charge is 0.0964 e. The minimum atomic E-state index is -0.270. The van der Waals surface area contributed by atoms with Crippen LogP contribution in [0, 0.1) is 0 Å². The average molecular weight is 330 g/mol. The van der Waals surface area contributed by atoms with Gasteiger partial charge in [0.1, 0.15) is 0 Å². The molecule has 3 heterocycles. The van der Waals surface area contributed by atoms with Crippen molar-refractivity contribution < 1.29 is 9.84 Å². The Morgan fingerprint density at radius 3 is 2.38 bits per heavy atom. The first-order chi connectivity index (χ1) is 11.8. The highest BCUT2D eigenvalue weighted by Crippen LogP contribution is 2.35. The van der Waals surface area contributed by atoms with E-state index >= 15 is 0 Å². The van der Waals surface area contributed by atoms with Crippen LogP contribution < -0.4 is 4.90 Å². The van der Waals surface area contributed by atoms with Crippen LogP contribution in [-0.4, -0.2) is 54.5 Å². The largest absolute Gasteiger partial charge is 0.390 e. The van der Waals surface area contributed by atoms with Crippen molar-refractivity contribution in [3.05, 3.63) is 29.8 Å². The number of nitrogens with zero attached hydrogens (tertiary/aromatic N) is 2. The predicted octanol–water partition coefficient (Wildman–Crippen LogP) is 2.79. The van der Waals surface area contributed by atoms with Crippen molar-refractivity contribution in [2.45, 2.75) is 56.8 Å². The maximum atomic E-state index is 10.3. The van der Waals surface area contributed by atoms with E-state index in [0.29, 0.717) is 0 Å². The van der Waals surface area contributed by atoms with Crippen molar-refractivity contribution in [3.63, 3.8) is 0 Å². The first-order valence-electron chi connectivity index (χ1n) is 9.63. The molecule has 3 aliphatic heterocycles. The molecule has 0 amide bonds. The Kier molecular flexibility index (Phi) is 4.79. The van der Waals surface area contributed by atoms with Gasteiger partial charge < -0.3 is 14.7 Å². The molecule has 4 rings (SSSR count). The summed E-state index contributed by atoms with van der Waals surface area (Å²) in [4.78, 5) is 4.98. The van der Waals surface area contributed by atoms with Crippen LogP contribution >= 0.6 is 0 Å². The van der Waals surface area contributed by atoms with Crippen LogP contribution in [0.15, 0.2) is 24.3 Å². The minimum absolute atomic E-state index is 0.256. The molecule has 1 atom stereocenters. The second-order valence-corrected chi connectivity index (χ2v) is 7.71. The number of hydrogen-bond acceptors (Lipinski definition) is 4. The molecule has 0 bridgehead atoms. The van der Waals surface area contributed by atoms with E-state index in [0.717, 1.165) is 51.9 Å².